The zero-order valence-electron chi connectivity index (χ0n) is 12.4. The van der Waals surface area contributed by atoms with Gasteiger partial charge in [0.05, 0.1) is 11.5 Å². The number of carboxylic acids is 1. The lowest BCUT2D eigenvalue weighted by Gasteiger charge is -2.15. The number of benzene rings is 1. The third-order valence-corrected chi connectivity index (χ3v) is 4.40. The molecule has 0 aliphatic heterocycles. The minimum atomic E-state index is -3.87. The van der Waals surface area contributed by atoms with E-state index in [2.05, 4.69) is 4.72 Å². The largest absolute Gasteiger partial charge is 0.494 e. The molecule has 6 nitrogen and oxygen atoms in total. The predicted molar refractivity (Wildman–Crippen MR) is 79.0 cm³/mol. The Hall–Kier alpha value is -1.60. The Labute approximate surface area is 125 Å². The van der Waals surface area contributed by atoms with Gasteiger partial charge in [-0.15, -0.1) is 0 Å². The van der Waals surface area contributed by atoms with Crippen LogP contribution in [0.5, 0.6) is 5.75 Å². The second-order valence-electron chi connectivity index (χ2n) is 4.66. The first-order valence-electron chi connectivity index (χ1n) is 6.80. The number of rotatable bonds is 8. The van der Waals surface area contributed by atoms with Gasteiger partial charge in [0.1, 0.15) is 11.8 Å². The molecular weight excluding hydrogens is 294 g/mol. The van der Waals surface area contributed by atoms with E-state index in [4.69, 9.17) is 9.84 Å². The summed E-state index contributed by atoms with van der Waals surface area (Å²) in [4.78, 5) is 11.1. The molecule has 1 rings (SSSR count). The Morgan fingerprint density at radius 1 is 1.38 bits per heavy atom. The Balaban J connectivity index is 3.02. The molecule has 0 bridgehead atoms. The van der Waals surface area contributed by atoms with E-state index in [9.17, 15) is 13.2 Å². The number of hydrogen-bond donors (Lipinski definition) is 2. The van der Waals surface area contributed by atoms with Crippen LogP contribution in [0, 0.1) is 6.92 Å². The van der Waals surface area contributed by atoms with E-state index in [1.54, 1.807) is 19.9 Å². The van der Waals surface area contributed by atoms with Crippen molar-refractivity contribution in [2.45, 2.75) is 44.6 Å². The van der Waals surface area contributed by atoms with Crippen molar-refractivity contribution in [3.63, 3.8) is 0 Å². The normalized spacial score (nSPS) is 12.9. The number of carbonyl (C=O) groups is 1. The number of sulfonamides is 1. The van der Waals surface area contributed by atoms with Crippen molar-refractivity contribution in [2.24, 2.45) is 0 Å². The molecule has 1 atom stereocenters. The van der Waals surface area contributed by atoms with Crippen molar-refractivity contribution in [2.75, 3.05) is 6.61 Å². The molecule has 0 fully saturated rings. The van der Waals surface area contributed by atoms with Crippen LogP contribution in [0.15, 0.2) is 23.1 Å². The van der Waals surface area contributed by atoms with E-state index < -0.39 is 22.0 Å². The van der Waals surface area contributed by atoms with Gasteiger partial charge in [-0.25, -0.2) is 8.42 Å². The summed E-state index contributed by atoms with van der Waals surface area (Å²) in [6, 6.07) is 3.33. The van der Waals surface area contributed by atoms with Crippen molar-refractivity contribution in [1.82, 2.24) is 4.72 Å². The number of carboxylic acid groups (broad SMARTS) is 1. The fourth-order valence-electron chi connectivity index (χ4n) is 1.88. The highest BCUT2D eigenvalue weighted by Crippen LogP contribution is 2.22. The van der Waals surface area contributed by atoms with Gasteiger partial charge >= 0.3 is 5.97 Å². The quantitative estimate of drug-likeness (QED) is 0.764. The standard InChI is InChI=1S/C14H21NO5S/c1-4-6-12(14(16)17)15-21(18,19)11-7-8-13(20-5-2)10(3)9-11/h7-9,12,15H,4-6H2,1-3H3,(H,16,17). The number of ether oxygens (including phenoxy) is 1. The highest BCUT2D eigenvalue weighted by atomic mass is 32.2. The van der Waals surface area contributed by atoms with Gasteiger partial charge in [-0.2, -0.15) is 4.72 Å². The SMILES string of the molecule is CCCC(NS(=O)(=O)c1ccc(OCC)c(C)c1)C(=O)O. The molecule has 0 aliphatic carbocycles. The summed E-state index contributed by atoms with van der Waals surface area (Å²) in [5, 5.41) is 9.04. The maximum Gasteiger partial charge on any atom is 0.321 e. The van der Waals surface area contributed by atoms with E-state index in [0.717, 1.165) is 0 Å². The van der Waals surface area contributed by atoms with Crippen molar-refractivity contribution in [1.29, 1.82) is 0 Å². The van der Waals surface area contributed by atoms with Gasteiger partial charge in [-0.1, -0.05) is 13.3 Å². The van der Waals surface area contributed by atoms with E-state index >= 15 is 0 Å². The van der Waals surface area contributed by atoms with Crippen LogP contribution in [0.1, 0.15) is 32.3 Å². The molecule has 1 unspecified atom stereocenters. The molecule has 1 aromatic carbocycles. The van der Waals surface area contributed by atoms with E-state index in [0.29, 0.717) is 24.3 Å². The summed E-state index contributed by atoms with van der Waals surface area (Å²) in [6.07, 6.45) is 0.812. The van der Waals surface area contributed by atoms with Crippen molar-refractivity contribution >= 4 is 16.0 Å². The highest BCUT2D eigenvalue weighted by Gasteiger charge is 2.25. The molecule has 2 N–H and O–H groups in total. The lowest BCUT2D eigenvalue weighted by atomic mass is 10.2. The third-order valence-electron chi connectivity index (χ3n) is 2.93. The molecular formula is C14H21NO5S. The van der Waals surface area contributed by atoms with Crippen LogP contribution in [-0.2, 0) is 14.8 Å². The van der Waals surface area contributed by atoms with Gasteiger partial charge in [-0.05, 0) is 44.0 Å². The molecule has 0 aliphatic rings. The summed E-state index contributed by atoms with van der Waals surface area (Å²) < 4.78 is 32.0. The average molecular weight is 315 g/mol. The Kier molecular flexibility index (Phi) is 6.17. The predicted octanol–water partition coefficient (Wildman–Crippen LogP) is 1.93. The molecule has 118 valence electrons. The zero-order chi connectivity index (χ0) is 16.0. The van der Waals surface area contributed by atoms with Gasteiger partial charge in [0.25, 0.3) is 0 Å². The topological polar surface area (TPSA) is 92.7 Å². The molecule has 0 radical (unpaired) electrons. The molecule has 0 saturated carbocycles. The summed E-state index contributed by atoms with van der Waals surface area (Å²) in [6.45, 7) is 5.87. The molecule has 0 spiro atoms. The minimum absolute atomic E-state index is 0.0332. The Bertz CT molecular complexity index is 597. The minimum Gasteiger partial charge on any atom is -0.494 e. The van der Waals surface area contributed by atoms with Gasteiger partial charge < -0.3 is 9.84 Å². The van der Waals surface area contributed by atoms with Crippen molar-refractivity contribution < 1.29 is 23.1 Å². The summed E-state index contributed by atoms with van der Waals surface area (Å²) in [7, 11) is -3.87. The number of nitrogens with one attached hydrogen (secondary N) is 1. The van der Waals surface area contributed by atoms with Gasteiger partial charge in [0, 0.05) is 0 Å². The molecule has 0 saturated heterocycles. The third kappa shape index (κ3) is 4.71. The van der Waals surface area contributed by atoms with Crippen LogP contribution in [0.4, 0.5) is 0 Å². The smallest absolute Gasteiger partial charge is 0.321 e. The van der Waals surface area contributed by atoms with E-state index in [1.165, 1.54) is 12.1 Å². The van der Waals surface area contributed by atoms with Crippen LogP contribution in [0.3, 0.4) is 0 Å². The lowest BCUT2D eigenvalue weighted by Crippen LogP contribution is -2.40. The molecule has 0 heterocycles. The summed E-state index contributed by atoms with van der Waals surface area (Å²) in [5.41, 5.74) is 0.682. The number of aryl methyl sites for hydroxylation is 1. The van der Waals surface area contributed by atoms with Crippen LogP contribution >= 0.6 is 0 Å². The second kappa shape index (κ2) is 7.42. The molecule has 0 amide bonds. The lowest BCUT2D eigenvalue weighted by molar-refractivity contribution is -0.139. The fraction of sp³-hybridized carbons (Fsp3) is 0.500. The van der Waals surface area contributed by atoms with E-state index in [1.807, 2.05) is 6.92 Å². The van der Waals surface area contributed by atoms with E-state index in [-0.39, 0.29) is 11.3 Å². The Morgan fingerprint density at radius 2 is 2.05 bits per heavy atom. The maximum absolute atomic E-state index is 12.2. The number of aliphatic carboxylic acids is 1. The first kappa shape index (κ1) is 17.5. The first-order chi connectivity index (χ1) is 9.81. The highest BCUT2D eigenvalue weighted by molar-refractivity contribution is 7.89. The first-order valence-corrected chi connectivity index (χ1v) is 8.28. The van der Waals surface area contributed by atoms with Crippen LogP contribution in [-0.4, -0.2) is 32.1 Å². The maximum atomic E-state index is 12.2. The second-order valence-corrected chi connectivity index (χ2v) is 6.38. The monoisotopic (exact) mass is 315 g/mol. The summed E-state index contributed by atoms with van der Waals surface area (Å²) >= 11 is 0. The van der Waals surface area contributed by atoms with Gasteiger partial charge in [0.2, 0.25) is 10.0 Å². The molecule has 1 aromatic rings. The van der Waals surface area contributed by atoms with Gasteiger partial charge in [-0.3, -0.25) is 4.79 Å². The molecule has 21 heavy (non-hydrogen) atoms. The molecule has 7 heteroatoms. The zero-order valence-corrected chi connectivity index (χ0v) is 13.2. The van der Waals surface area contributed by atoms with Crippen LogP contribution in [0.25, 0.3) is 0 Å². The fourth-order valence-corrected chi connectivity index (χ4v) is 3.19. The number of hydrogen-bond acceptors (Lipinski definition) is 4. The Morgan fingerprint density at radius 3 is 2.52 bits per heavy atom. The van der Waals surface area contributed by atoms with Crippen molar-refractivity contribution in [3.05, 3.63) is 23.8 Å². The van der Waals surface area contributed by atoms with Crippen LogP contribution < -0.4 is 9.46 Å². The van der Waals surface area contributed by atoms with Gasteiger partial charge in [0.15, 0.2) is 0 Å². The average Bonchev–Trinajstić information content (AvgIpc) is 2.40. The summed E-state index contributed by atoms with van der Waals surface area (Å²) in [5.74, 6) is -0.567. The molecule has 0 aromatic heterocycles. The van der Waals surface area contributed by atoms with Crippen molar-refractivity contribution in [3.8, 4) is 5.75 Å². The van der Waals surface area contributed by atoms with Crippen LogP contribution in [0.2, 0.25) is 0 Å².